The molecule has 4 rings (SSSR count). The molecule has 1 saturated heterocycles. The summed E-state index contributed by atoms with van der Waals surface area (Å²) in [5.74, 6) is 1.13. The number of ether oxygens (including phenoxy) is 1. The van der Waals surface area contributed by atoms with Crippen molar-refractivity contribution in [3.05, 3.63) is 72.7 Å². The molecule has 31 heavy (non-hydrogen) atoms. The van der Waals surface area contributed by atoms with Crippen molar-refractivity contribution in [2.45, 2.75) is 12.8 Å². The summed E-state index contributed by atoms with van der Waals surface area (Å²) in [4.78, 5) is 35.6. The van der Waals surface area contributed by atoms with Crippen LogP contribution < -0.4 is 10.1 Å². The Balaban J connectivity index is 1.44. The standard InChI is InChI=1S/C24H24N4O3/c1-3-23(29)26-18-8-9-19(21(13-18)31-2)24(30)28-11-10-16(15-28)12-22-25-14-17-6-4-5-7-20(17)27-22/h3-9,13-14,16H,1,10-12,15H2,2H3,(H,26,29)/t16-/m0/s1. The van der Waals surface area contributed by atoms with Gasteiger partial charge in [0.05, 0.1) is 18.2 Å². The summed E-state index contributed by atoms with van der Waals surface area (Å²) in [6, 6.07) is 12.9. The van der Waals surface area contributed by atoms with E-state index in [1.807, 2.05) is 35.4 Å². The van der Waals surface area contributed by atoms with Gasteiger partial charge in [-0.1, -0.05) is 24.8 Å². The minimum atomic E-state index is -0.320. The van der Waals surface area contributed by atoms with Crippen molar-refractivity contribution in [1.29, 1.82) is 0 Å². The minimum Gasteiger partial charge on any atom is -0.496 e. The van der Waals surface area contributed by atoms with E-state index in [0.717, 1.165) is 29.6 Å². The number of nitrogens with one attached hydrogen (secondary N) is 1. The van der Waals surface area contributed by atoms with Gasteiger partial charge in [0.25, 0.3) is 5.91 Å². The molecule has 1 atom stereocenters. The van der Waals surface area contributed by atoms with E-state index in [9.17, 15) is 9.59 Å². The molecule has 7 heteroatoms. The van der Waals surface area contributed by atoms with E-state index in [-0.39, 0.29) is 11.8 Å². The van der Waals surface area contributed by atoms with Crippen LogP contribution in [0.15, 0.2) is 61.3 Å². The number of aromatic nitrogens is 2. The first kappa shape index (κ1) is 20.5. The van der Waals surface area contributed by atoms with E-state index < -0.39 is 0 Å². The topological polar surface area (TPSA) is 84.4 Å². The van der Waals surface area contributed by atoms with Gasteiger partial charge in [-0.3, -0.25) is 9.59 Å². The lowest BCUT2D eigenvalue weighted by atomic mass is 10.0. The first-order valence-corrected chi connectivity index (χ1v) is 10.2. The molecule has 0 aliphatic carbocycles. The van der Waals surface area contributed by atoms with E-state index in [2.05, 4.69) is 21.9 Å². The molecule has 3 aromatic rings. The fraction of sp³-hybridized carbons (Fsp3) is 0.250. The van der Waals surface area contributed by atoms with E-state index in [0.29, 0.717) is 36.0 Å². The smallest absolute Gasteiger partial charge is 0.257 e. The van der Waals surface area contributed by atoms with Crippen LogP contribution in [0.5, 0.6) is 5.75 Å². The zero-order chi connectivity index (χ0) is 21.8. The number of amides is 2. The lowest BCUT2D eigenvalue weighted by Gasteiger charge is -2.19. The fourth-order valence-electron chi connectivity index (χ4n) is 3.86. The third kappa shape index (κ3) is 4.55. The summed E-state index contributed by atoms with van der Waals surface area (Å²) in [6.07, 6.45) is 4.68. The van der Waals surface area contributed by atoms with Crippen LogP contribution in [0.4, 0.5) is 5.69 Å². The van der Waals surface area contributed by atoms with Crippen molar-refractivity contribution in [1.82, 2.24) is 14.9 Å². The molecule has 0 radical (unpaired) electrons. The second kappa shape index (κ2) is 8.95. The van der Waals surface area contributed by atoms with E-state index >= 15 is 0 Å². The molecular weight excluding hydrogens is 392 g/mol. The summed E-state index contributed by atoms with van der Waals surface area (Å²) < 4.78 is 5.40. The van der Waals surface area contributed by atoms with Crippen LogP contribution in [0, 0.1) is 5.92 Å². The Kier molecular flexibility index (Phi) is 5.93. The highest BCUT2D eigenvalue weighted by atomic mass is 16.5. The Labute approximate surface area is 180 Å². The van der Waals surface area contributed by atoms with Crippen molar-refractivity contribution in [2.24, 2.45) is 5.92 Å². The molecule has 7 nitrogen and oxygen atoms in total. The summed E-state index contributed by atoms with van der Waals surface area (Å²) in [5, 5.41) is 3.70. The number of para-hydroxylation sites is 1. The zero-order valence-electron chi connectivity index (χ0n) is 17.4. The van der Waals surface area contributed by atoms with Crippen molar-refractivity contribution in [2.75, 3.05) is 25.5 Å². The molecule has 158 valence electrons. The molecule has 0 unspecified atom stereocenters. The van der Waals surface area contributed by atoms with Crippen LogP contribution in [-0.2, 0) is 11.2 Å². The van der Waals surface area contributed by atoms with Gasteiger partial charge in [0.15, 0.2) is 0 Å². The number of anilines is 1. The molecule has 0 saturated carbocycles. The maximum Gasteiger partial charge on any atom is 0.257 e. The molecule has 2 aromatic carbocycles. The zero-order valence-corrected chi connectivity index (χ0v) is 17.4. The van der Waals surface area contributed by atoms with Gasteiger partial charge in [0.2, 0.25) is 5.91 Å². The number of fused-ring (bicyclic) bond motifs is 1. The van der Waals surface area contributed by atoms with Crippen LogP contribution in [0.25, 0.3) is 10.9 Å². The van der Waals surface area contributed by atoms with E-state index in [1.54, 1.807) is 18.2 Å². The molecule has 1 aliphatic heterocycles. The summed E-state index contributed by atoms with van der Waals surface area (Å²) in [6.45, 7) is 4.76. The molecule has 0 bridgehead atoms. The number of benzene rings is 2. The lowest BCUT2D eigenvalue weighted by Crippen LogP contribution is -2.29. The van der Waals surface area contributed by atoms with Crippen molar-refractivity contribution < 1.29 is 14.3 Å². The minimum absolute atomic E-state index is 0.0830. The first-order chi connectivity index (χ1) is 15.1. The number of nitrogens with zero attached hydrogens (tertiary/aromatic N) is 3. The van der Waals surface area contributed by atoms with Crippen LogP contribution in [0.1, 0.15) is 22.6 Å². The number of carbonyl (C=O) groups is 2. The number of rotatable bonds is 6. The third-order valence-electron chi connectivity index (χ3n) is 5.47. The molecule has 2 amide bonds. The summed E-state index contributed by atoms with van der Waals surface area (Å²) in [5.41, 5.74) is 1.96. The first-order valence-electron chi connectivity index (χ1n) is 10.2. The third-order valence-corrected chi connectivity index (χ3v) is 5.47. The molecule has 1 aliphatic rings. The Morgan fingerprint density at radius 2 is 2.13 bits per heavy atom. The van der Waals surface area contributed by atoms with Gasteiger partial charge < -0.3 is 15.0 Å². The van der Waals surface area contributed by atoms with Crippen LogP contribution in [0.2, 0.25) is 0 Å². The monoisotopic (exact) mass is 416 g/mol. The van der Waals surface area contributed by atoms with Gasteiger partial charge in [0, 0.05) is 42.8 Å². The summed E-state index contributed by atoms with van der Waals surface area (Å²) in [7, 11) is 1.51. The number of methoxy groups -OCH3 is 1. The van der Waals surface area contributed by atoms with Crippen LogP contribution >= 0.6 is 0 Å². The van der Waals surface area contributed by atoms with Crippen molar-refractivity contribution in [3.8, 4) is 5.75 Å². The van der Waals surface area contributed by atoms with Crippen molar-refractivity contribution >= 4 is 28.4 Å². The number of carbonyl (C=O) groups excluding carboxylic acids is 2. The second-order valence-corrected chi connectivity index (χ2v) is 7.56. The molecule has 2 heterocycles. The predicted octanol–water partition coefficient (Wildman–Crippen LogP) is 3.47. The van der Waals surface area contributed by atoms with Gasteiger partial charge in [-0.15, -0.1) is 0 Å². The van der Waals surface area contributed by atoms with E-state index in [4.69, 9.17) is 4.74 Å². The normalized spacial score (nSPS) is 15.6. The molecule has 1 N–H and O–H groups in total. The number of likely N-dealkylation sites (tertiary alicyclic amines) is 1. The number of hydrogen-bond donors (Lipinski definition) is 1. The quantitative estimate of drug-likeness (QED) is 0.622. The lowest BCUT2D eigenvalue weighted by molar-refractivity contribution is -0.111. The van der Waals surface area contributed by atoms with Gasteiger partial charge in [-0.05, 0) is 36.6 Å². The maximum atomic E-state index is 13.1. The molecule has 1 fully saturated rings. The summed E-state index contributed by atoms with van der Waals surface area (Å²) >= 11 is 0. The average molecular weight is 416 g/mol. The second-order valence-electron chi connectivity index (χ2n) is 7.56. The Morgan fingerprint density at radius 1 is 1.29 bits per heavy atom. The Hall–Kier alpha value is -3.74. The van der Waals surface area contributed by atoms with E-state index in [1.165, 1.54) is 13.2 Å². The SMILES string of the molecule is C=CC(=O)Nc1ccc(C(=O)N2CC[C@@H](Cc3ncc4ccccc4n3)C2)c(OC)c1. The van der Waals surface area contributed by atoms with Crippen LogP contribution in [0.3, 0.4) is 0 Å². The largest absolute Gasteiger partial charge is 0.496 e. The van der Waals surface area contributed by atoms with Gasteiger partial charge in [-0.2, -0.15) is 0 Å². The van der Waals surface area contributed by atoms with Gasteiger partial charge >= 0.3 is 0 Å². The fourth-order valence-corrected chi connectivity index (χ4v) is 3.86. The number of hydrogen-bond acceptors (Lipinski definition) is 5. The van der Waals surface area contributed by atoms with Crippen LogP contribution in [-0.4, -0.2) is 46.9 Å². The highest BCUT2D eigenvalue weighted by molar-refractivity contribution is 6.01. The molecule has 0 spiro atoms. The highest BCUT2D eigenvalue weighted by Crippen LogP contribution is 2.28. The van der Waals surface area contributed by atoms with Crippen molar-refractivity contribution in [3.63, 3.8) is 0 Å². The molecule has 1 aromatic heterocycles. The highest BCUT2D eigenvalue weighted by Gasteiger charge is 2.29. The predicted molar refractivity (Wildman–Crippen MR) is 119 cm³/mol. The van der Waals surface area contributed by atoms with Gasteiger partial charge in [0.1, 0.15) is 11.6 Å². The van der Waals surface area contributed by atoms with Gasteiger partial charge in [-0.25, -0.2) is 9.97 Å². The Bertz CT molecular complexity index is 1140. The average Bonchev–Trinajstić information content (AvgIpc) is 3.26. The molecular formula is C24H24N4O3. The maximum absolute atomic E-state index is 13.1. The Morgan fingerprint density at radius 3 is 2.94 bits per heavy atom.